The van der Waals surface area contributed by atoms with Gasteiger partial charge < -0.3 is 15.7 Å². The molecule has 0 heterocycles. The summed E-state index contributed by atoms with van der Waals surface area (Å²) in [5.74, 6) is -1.11. The van der Waals surface area contributed by atoms with Gasteiger partial charge >= 0.3 is 17.5 Å². The van der Waals surface area contributed by atoms with Crippen molar-refractivity contribution >= 4 is 23.8 Å². The monoisotopic (exact) mass is 330 g/mol. The van der Waals surface area contributed by atoms with Gasteiger partial charge in [-0.3, -0.25) is 4.79 Å². The molecule has 9 heteroatoms. The number of urea groups is 1. The van der Waals surface area contributed by atoms with Crippen molar-refractivity contribution in [1.82, 2.24) is 10.6 Å². The number of halogens is 3. The molecule has 0 aromatic carbocycles. The van der Waals surface area contributed by atoms with Crippen LogP contribution >= 0.6 is 11.8 Å². The Labute approximate surface area is 126 Å². The predicted octanol–water partition coefficient (Wildman–Crippen LogP) is 2.68. The molecule has 0 saturated heterocycles. The summed E-state index contributed by atoms with van der Waals surface area (Å²) in [5.41, 5.74) is -4.30. The maximum Gasteiger partial charge on any atom is 0.441 e. The lowest BCUT2D eigenvalue weighted by atomic mass is 9.94. The first kappa shape index (κ1) is 19.9. The first-order chi connectivity index (χ1) is 9.60. The molecule has 0 saturated carbocycles. The highest BCUT2D eigenvalue weighted by atomic mass is 32.2. The highest BCUT2D eigenvalue weighted by Crippen LogP contribution is 2.29. The lowest BCUT2D eigenvalue weighted by Gasteiger charge is -2.18. The van der Waals surface area contributed by atoms with Gasteiger partial charge in [-0.05, 0) is 30.0 Å². The molecule has 0 fully saturated rings. The summed E-state index contributed by atoms with van der Waals surface area (Å²) in [7, 11) is 0. The molecule has 0 rings (SSSR count). The van der Waals surface area contributed by atoms with E-state index in [4.69, 9.17) is 5.11 Å². The van der Waals surface area contributed by atoms with E-state index in [-0.39, 0.29) is 42.9 Å². The minimum Gasteiger partial charge on any atom is -0.481 e. The highest BCUT2D eigenvalue weighted by Gasteiger charge is 2.27. The summed E-state index contributed by atoms with van der Waals surface area (Å²) in [6.45, 7) is 3.97. The average molecular weight is 330 g/mol. The van der Waals surface area contributed by atoms with Crippen molar-refractivity contribution in [2.24, 2.45) is 11.8 Å². The molecule has 0 aliphatic carbocycles. The molecule has 5 nitrogen and oxygen atoms in total. The third-order valence-electron chi connectivity index (χ3n) is 2.47. The van der Waals surface area contributed by atoms with Crippen molar-refractivity contribution < 1.29 is 27.9 Å². The number of aliphatic carboxylic acids is 1. The van der Waals surface area contributed by atoms with Crippen LogP contribution in [0.5, 0.6) is 0 Å². The Bertz CT molecular complexity index is 338. The molecule has 0 spiro atoms. The maximum atomic E-state index is 11.9. The molecule has 0 aliphatic heterocycles. The van der Waals surface area contributed by atoms with Crippen molar-refractivity contribution in [2.75, 3.05) is 18.8 Å². The molecule has 0 bridgehead atoms. The van der Waals surface area contributed by atoms with E-state index in [2.05, 4.69) is 10.6 Å². The Balaban J connectivity index is 3.93. The van der Waals surface area contributed by atoms with Gasteiger partial charge in [0.05, 0.1) is 0 Å². The molecule has 0 aliphatic rings. The number of hydrogen-bond donors (Lipinski definition) is 3. The van der Waals surface area contributed by atoms with E-state index >= 15 is 0 Å². The van der Waals surface area contributed by atoms with Crippen molar-refractivity contribution in [2.45, 2.75) is 32.2 Å². The number of amides is 2. The average Bonchev–Trinajstić information content (AvgIpc) is 2.29. The van der Waals surface area contributed by atoms with Crippen LogP contribution in [0.3, 0.4) is 0 Å². The Kier molecular flexibility index (Phi) is 9.23. The zero-order valence-corrected chi connectivity index (χ0v) is 12.8. The largest absolute Gasteiger partial charge is 0.481 e. The normalized spacial score (nSPS) is 13.0. The van der Waals surface area contributed by atoms with Crippen LogP contribution in [0.2, 0.25) is 0 Å². The lowest BCUT2D eigenvalue weighted by molar-refractivity contribution is -0.138. The van der Waals surface area contributed by atoms with Crippen LogP contribution in [-0.2, 0) is 4.79 Å². The summed E-state index contributed by atoms with van der Waals surface area (Å²) >= 11 is -0.203. The van der Waals surface area contributed by atoms with Gasteiger partial charge in [-0.15, -0.1) is 0 Å². The minimum atomic E-state index is -4.30. The van der Waals surface area contributed by atoms with Crippen molar-refractivity contribution in [3.8, 4) is 0 Å². The number of carbonyl (C=O) groups is 2. The molecule has 0 radical (unpaired) electrons. The Morgan fingerprint density at radius 3 is 2.33 bits per heavy atom. The predicted molar refractivity (Wildman–Crippen MR) is 75.1 cm³/mol. The second-order valence-electron chi connectivity index (χ2n) is 5.02. The number of carboxylic acids is 1. The van der Waals surface area contributed by atoms with Crippen LogP contribution in [0.1, 0.15) is 26.7 Å². The third kappa shape index (κ3) is 13.6. The van der Waals surface area contributed by atoms with Crippen LogP contribution in [0, 0.1) is 11.8 Å². The van der Waals surface area contributed by atoms with Gasteiger partial charge in [-0.2, -0.15) is 13.2 Å². The zero-order valence-electron chi connectivity index (χ0n) is 12.0. The van der Waals surface area contributed by atoms with Gasteiger partial charge in [0, 0.05) is 25.3 Å². The van der Waals surface area contributed by atoms with Gasteiger partial charge in [-0.1, -0.05) is 13.8 Å². The number of carbonyl (C=O) groups excluding carboxylic acids is 1. The molecule has 2 amide bonds. The van der Waals surface area contributed by atoms with Gasteiger partial charge in [0.1, 0.15) is 0 Å². The van der Waals surface area contributed by atoms with E-state index in [1.165, 1.54) is 0 Å². The van der Waals surface area contributed by atoms with E-state index in [1.807, 2.05) is 13.8 Å². The Morgan fingerprint density at radius 2 is 1.86 bits per heavy atom. The fourth-order valence-electron chi connectivity index (χ4n) is 1.78. The van der Waals surface area contributed by atoms with Crippen LogP contribution in [0.25, 0.3) is 0 Å². The SMILES string of the molecule is CC(C)C[C@H](CNC(=O)NCCSC(F)(F)F)CC(=O)O. The number of thioether (sulfide) groups is 1. The smallest absolute Gasteiger partial charge is 0.441 e. The summed E-state index contributed by atoms with van der Waals surface area (Å²) < 4.78 is 35.6. The summed E-state index contributed by atoms with van der Waals surface area (Å²) in [4.78, 5) is 22.1. The van der Waals surface area contributed by atoms with E-state index < -0.39 is 17.5 Å². The molecule has 3 N–H and O–H groups in total. The second-order valence-corrected chi connectivity index (χ2v) is 6.18. The van der Waals surface area contributed by atoms with Gasteiger partial charge in [0.25, 0.3) is 0 Å². The van der Waals surface area contributed by atoms with Crippen molar-refractivity contribution in [1.29, 1.82) is 0 Å². The van der Waals surface area contributed by atoms with Crippen LogP contribution in [-0.4, -0.2) is 41.5 Å². The standard InChI is InChI=1S/C12H21F3N2O3S/c1-8(2)5-9(6-10(18)19)7-17-11(20)16-3-4-21-12(13,14)15/h8-9H,3-7H2,1-2H3,(H,18,19)(H2,16,17,20)/t9-/m0/s1. The highest BCUT2D eigenvalue weighted by molar-refractivity contribution is 8.00. The molecule has 0 aromatic heterocycles. The number of hydrogen-bond acceptors (Lipinski definition) is 3. The lowest BCUT2D eigenvalue weighted by Crippen LogP contribution is -2.40. The third-order valence-corrected chi connectivity index (χ3v) is 3.21. The second kappa shape index (κ2) is 9.75. The number of alkyl halides is 3. The van der Waals surface area contributed by atoms with E-state index in [0.717, 1.165) is 0 Å². The van der Waals surface area contributed by atoms with E-state index in [1.54, 1.807) is 0 Å². The Morgan fingerprint density at radius 1 is 1.24 bits per heavy atom. The van der Waals surface area contributed by atoms with Gasteiger partial charge in [0.15, 0.2) is 0 Å². The summed E-state index contributed by atoms with van der Waals surface area (Å²) in [5, 5.41) is 13.6. The number of nitrogens with one attached hydrogen (secondary N) is 2. The fraction of sp³-hybridized carbons (Fsp3) is 0.833. The summed E-state index contributed by atoms with van der Waals surface area (Å²) in [6.07, 6.45) is 0.596. The van der Waals surface area contributed by atoms with Crippen LogP contribution in [0.15, 0.2) is 0 Å². The minimum absolute atomic E-state index is 0.0532. The number of rotatable bonds is 9. The van der Waals surface area contributed by atoms with Gasteiger partial charge in [-0.25, -0.2) is 4.79 Å². The molecular weight excluding hydrogens is 309 g/mol. The molecule has 124 valence electrons. The Hall–Kier alpha value is -1.12. The molecule has 0 aromatic rings. The van der Waals surface area contributed by atoms with Gasteiger partial charge in [0.2, 0.25) is 0 Å². The molecular formula is C12H21F3N2O3S. The summed E-state index contributed by atoms with van der Waals surface area (Å²) in [6, 6.07) is -0.586. The molecule has 1 atom stereocenters. The quantitative estimate of drug-likeness (QED) is 0.568. The van der Waals surface area contributed by atoms with Crippen molar-refractivity contribution in [3.63, 3.8) is 0 Å². The van der Waals surface area contributed by atoms with Crippen molar-refractivity contribution in [3.05, 3.63) is 0 Å². The van der Waals surface area contributed by atoms with Crippen LogP contribution in [0.4, 0.5) is 18.0 Å². The zero-order chi connectivity index (χ0) is 16.5. The van der Waals surface area contributed by atoms with E-state index in [0.29, 0.717) is 12.3 Å². The number of carboxylic acid groups (broad SMARTS) is 1. The molecule has 21 heavy (non-hydrogen) atoms. The first-order valence-electron chi connectivity index (χ1n) is 6.54. The maximum absolute atomic E-state index is 11.9. The fourth-order valence-corrected chi connectivity index (χ4v) is 2.22. The topological polar surface area (TPSA) is 78.4 Å². The van der Waals surface area contributed by atoms with E-state index in [9.17, 15) is 22.8 Å². The molecule has 0 unspecified atom stereocenters. The first-order valence-corrected chi connectivity index (χ1v) is 7.53. The van der Waals surface area contributed by atoms with Crippen LogP contribution < -0.4 is 10.6 Å².